The third kappa shape index (κ3) is 2.74. The minimum absolute atomic E-state index is 0.0338. The molecule has 6 nitrogen and oxygen atoms in total. The fourth-order valence-corrected chi connectivity index (χ4v) is 4.20. The van der Waals surface area contributed by atoms with Crippen LogP contribution in [0.15, 0.2) is 42.5 Å². The van der Waals surface area contributed by atoms with Gasteiger partial charge in [0.15, 0.2) is 0 Å². The van der Waals surface area contributed by atoms with Crippen molar-refractivity contribution in [3.63, 3.8) is 0 Å². The van der Waals surface area contributed by atoms with Crippen LogP contribution in [0.5, 0.6) is 0 Å². The molecule has 144 valence electrons. The van der Waals surface area contributed by atoms with Crippen LogP contribution >= 0.6 is 0 Å². The Kier molecular flexibility index (Phi) is 4.37. The molecule has 2 aliphatic rings. The number of likely N-dealkylation sites (N-methyl/N-ethyl adjacent to an activating group) is 2. The topological polar surface area (TPSA) is 69.7 Å². The van der Waals surface area contributed by atoms with Crippen molar-refractivity contribution >= 4 is 23.4 Å². The number of amides is 3. The lowest BCUT2D eigenvalue weighted by Gasteiger charge is -2.44. The molecule has 7 heteroatoms. The van der Waals surface area contributed by atoms with Gasteiger partial charge in [0.05, 0.1) is 0 Å². The Morgan fingerprint density at radius 3 is 2.54 bits per heavy atom. The fourth-order valence-electron chi connectivity index (χ4n) is 4.20. The van der Waals surface area contributed by atoms with Crippen molar-refractivity contribution in [3.05, 3.63) is 65.0 Å². The Morgan fingerprint density at radius 2 is 1.86 bits per heavy atom. The first-order valence-electron chi connectivity index (χ1n) is 9.11. The molecule has 2 atom stereocenters. The van der Waals surface area contributed by atoms with E-state index in [0.717, 1.165) is 5.56 Å². The van der Waals surface area contributed by atoms with Crippen molar-refractivity contribution in [1.29, 1.82) is 0 Å². The van der Waals surface area contributed by atoms with E-state index in [4.69, 9.17) is 0 Å². The molecule has 2 aliphatic heterocycles. The number of anilines is 1. The molecule has 0 fully saturated rings. The minimum atomic E-state index is -0.711. The molecule has 2 heterocycles. The van der Waals surface area contributed by atoms with Gasteiger partial charge in [-0.05, 0) is 48.4 Å². The van der Waals surface area contributed by atoms with Crippen LogP contribution in [0.4, 0.5) is 10.1 Å². The van der Waals surface area contributed by atoms with Gasteiger partial charge in [-0.3, -0.25) is 19.3 Å². The van der Waals surface area contributed by atoms with Crippen molar-refractivity contribution in [2.75, 3.05) is 25.5 Å². The monoisotopic (exact) mass is 381 g/mol. The number of nitrogens with zero attached hydrogens (tertiary/aromatic N) is 2. The zero-order valence-electron chi connectivity index (χ0n) is 15.6. The molecule has 0 unspecified atom stereocenters. The van der Waals surface area contributed by atoms with Crippen LogP contribution in [-0.2, 0) is 4.79 Å². The van der Waals surface area contributed by atoms with Crippen molar-refractivity contribution < 1.29 is 18.8 Å². The lowest BCUT2D eigenvalue weighted by atomic mass is 9.79. The van der Waals surface area contributed by atoms with Crippen LogP contribution in [-0.4, -0.2) is 49.3 Å². The largest absolute Gasteiger partial charge is 0.357 e. The first-order valence-corrected chi connectivity index (χ1v) is 9.11. The molecular formula is C21H20FN3O3. The standard InChI is InChI=1S/C21H20FN3O3/c1-23-19(26)17-10-13-11-24(2)21(28)15-4-3-5-16(18(13)15)25(17)20(27)12-6-8-14(22)9-7-12/h3-9,13,17H,10-11H2,1-2H3,(H,23,26)/t13-,17-/m0/s1. The summed E-state index contributed by atoms with van der Waals surface area (Å²) in [4.78, 5) is 41.6. The van der Waals surface area contributed by atoms with Gasteiger partial charge in [0.25, 0.3) is 11.8 Å². The zero-order chi connectivity index (χ0) is 20.0. The Bertz CT molecular complexity index is 973. The van der Waals surface area contributed by atoms with E-state index in [1.807, 2.05) is 0 Å². The van der Waals surface area contributed by atoms with Gasteiger partial charge in [-0.2, -0.15) is 0 Å². The van der Waals surface area contributed by atoms with Crippen molar-refractivity contribution in [3.8, 4) is 0 Å². The van der Waals surface area contributed by atoms with Gasteiger partial charge < -0.3 is 10.2 Å². The number of rotatable bonds is 2. The quantitative estimate of drug-likeness (QED) is 0.867. The summed E-state index contributed by atoms with van der Waals surface area (Å²) in [5, 5.41) is 2.63. The van der Waals surface area contributed by atoms with Gasteiger partial charge >= 0.3 is 0 Å². The lowest BCUT2D eigenvalue weighted by Crippen LogP contribution is -2.54. The number of halogens is 1. The Labute approximate surface area is 161 Å². The molecule has 0 radical (unpaired) electrons. The number of hydrogen-bond donors (Lipinski definition) is 1. The summed E-state index contributed by atoms with van der Waals surface area (Å²) in [5.41, 5.74) is 2.22. The maximum atomic E-state index is 13.3. The first-order chi connectivity index (χ1) is 13.4. The van der Waals surface area contributed by atoms with Crippen LogP contribution < -0.4 is 10.2 Å². The summed E-state index contributed by atoms with van der Waals surface area (Å²) >= 11 is 0. The van der Waals surface area contributed by atoms with E-state index in [2.05, 4.69) is 5.32 Å². The predicted octanol–water partition coefficient (Wildman–Crippen LogP) is 2.16. The van der Waals surface area contributed by atoms with Crippen molar-refractivity contribution in [2.24, 2.45) is 0 Å². The predicted molar refractivity (Wildman–Crippen MR) is 102 cm³/mol. The number of carbonyl (C=O) groups is 3. The maximum absolute atomic E-state index is 13.3. The van der Waals surface area contributed by atoms with Gasteiger partial charge in [-0.1, -0.05) is 6.07 Å². The highest BCUT2D eigenvalue weighted by molar-refractivity contribution is 6.12. The van der Waals surface area contributed by atoms with Gasteiger partial charge in [-0.25, -0.2) is 4.39 Å². The third-order valence-electron chi connectivity index (χ3n) is 5.50. The van der Waals surface area contributed by atoms with Crippen molar-refractivity contribution in [1.82, 2.24) is 10.2 Å². The molecule has 0 spiro atoms. The Morgan fingerprint density at radius 1 is 1.14 bits per heavy atom. The summed E-state index contributed by atoms with van der Waals surface area (Å²) < 4.78 is 13.3. The average molecular weight is 381 g/mol. The smallest absolute Gasteiger partial charge is 0.259 e. The SMILES string of the molecule is CNC(=O)[C@@H]1C[C@H]2CN(C)C(=O)c3cccc(c32)N1C(=O)c1ccc(F)cc1. The van der Waals surface area contributed by atoms with Gasteiger partial charge in [0, 0.05) is 43.4 Å². The van der Waals surface area contributed by atoms with E-state index < -0.39 is 17.8 Å². The fraction of sp³-hybridized carbons (Fsp3) is 0.286. The van der Waals surface area contributed by atoms with E-state index in [1.54, 1.807) is 30.1 Å². The first kappa shape index (κ1) is 18.2. The second-order valence-electron chi connectivity index (χ2n) is 7.17. The van der Waals surface area contributed by atoms with Gasteiger partial charge in [0.1, 0.15) is 11.9 Å². The molecule has 0 saturated carbocycles. The summed E-state index contributed by atoms with van der Waals surface area (Å²) in [6.07, 6.45) is 0.411. The van der Waals surface area contributed by atoms with E-state index in [9.17, 15) is 18.8 Å². The summed E-state index contributed by atoms with van der Waals surface area (Å²) in [7, 11) is 3.27. The van der Waals surface area contributed by atoms with E-state index in [1.165, 1.54) is 36.2 Å². The number of carbonyl (C=O) groups excluding carboxylic acids is 3. The average Bonchev–Trinajstić information content (AvgIpc) is 2.71. The molecule has 3 amide bonds. The summed E-state index contributed by atoms with van der Waals surface area (Å²) in [6, 6.07) is 9.77. The number of nitrogens with one attached hydrogen (secondary N) is 1. The molecule has 0 bridgehead atoms. The molecule has 0 saturated heterocycles. The second-order valence-corrected chi connectivity index (χ2v) is 7.17. The highest BCUT2D eigenvalue weighted by atomic mass is 19.1. The molecule has 0 aromatic heterocycles. The van der Waals surface area contributed by atoms with Crippen LogP contribution in [0.3, 0.4) is 0 Å². The lowest BCUT2D eigenvalue weighted by molar-refractivity contribution is -0.122. The van der Waals surface area contributed by atoms with Crippen molar-refractivity contribution in [2.45, 2.75) is 18.4 Å². The normalized spacial score (nSPS) is 20.6. The van der Waals surface area contributed by atoms with Gasteiger partial charge in [0.2, 0.25) is 5.91 Å². The van der Waals surface area contributed by atoms with E-state index >= 15 is 0 Å². The second kappa shape index (κ2) is 6.74. The number of benzene rings is 2. The highest BCUT2D eigenvalue weighted by Crippen LogP contribution is 2.44. The highest BCUT2D eigenvalue weighted by Gasteiger charge is 2.44. The summed E-state index contributed by atoms with van der Waals surface area (Å²) in [6.45, 7) is 0.495. The minimum Gasteiger partial charge on any atom is -0.357 e. The Balaban J connectivity index is 1.88. The molecule has 2 aromatic carbocycles. The molecule has 28 heavy (non-hydrogen) atoms. The summed E-state index contributed by atoms with van der Waals surface area (Å²) in [5.74, 6) is -1.24. The zero-order valence-corrected chi connectivity index (χ0v) is 15.6. The third-order valence-corrected chi connectivity index (χ3v) is 5.50. The Hall–Kier alpha value is -3.22. The molecular weight excluding hydrogens is 361 g/mol. The van der Waals surface area contributed by atoms with Crippen LogP contribution in [0.2, 0.25) is 0 Å². The van der Waals surface area contributed by atoms with Gasteiger partial charge in [-0.15, -0.1) is 0 Å². The maximum Gasteiger partial charge on any atom is 0.259 e. The van der Waals surface area contributed by atoms with Crippen LogP contribution in [0.25, 0.3) is 0 Å². The molecule has 2 aromatic rings. The molecule has 0 aliphatic carbocycles. The van der Waals surface area contributed by atoms with Crippen LogP contribution in [0, 0.1) is 5.82 Å². The molecule has 4 rings (SSSR count). The van der Waals surface area contributed by atoms with E-state index in [-0.39, 0.29) is 23.3 Å². The van der Waals surface area contributed by atoms with E-state index in [0.29, 0.717) is 24.2 Å². The van der Waals surface area contributed by atoms with Crippen LogP contribution in [0.1, 0.15) is 38.6 Å². The molecule has 1 N–H and O–H groups in total. The number of hydrogen-bond acceptors (Lipinski definition) is 3.